The molecule has 2 N–H and O–H groups in total. The summed E-state index contributed by atoms with van der Waals surface area (Å²) in [5.74, 6) is -0.167. The van der Waals surface area contributed by atoms with Crippen molar-refractivity contribution in [3.8, 4) is 28.5 Å². The summed E-state index contributed by atoms with van der Waals surface area (Å²) >= 11 is 6.87. The summed E-state index contributed by atoms with van der Waals surface area (Å²) in [6.45, 7) is 0.634. The van der Waals surface area contributed by atoms with Crippen LogP contribution >= 0.6 is 11.6 Å². The zero-order valence-electron chi connectivity index (χ0n) is 17.5. The fraction of sp³-hybridized carbons (Fsp3) is 0.200. The number of carbonyl (C=O) groups excluding carboxylic acids is 1. The third kappa shape index (κ3) is 3.53. The van der Waals surface area contributed by atoms with Gasteiger partial charge in [0.15, 0.2) is 0 Å². The first kappa shape index (κ1) is 21.1. The number of hydrogen-bond acceptors (Lipinski definition) is 5. The highest BCUT2D eigenvalue weighted by Gasteiger charge is 2.42. The molecule has 0 fully saturated rings. The van der Waals surface area contributed by atoms with E-state index in [1.54, 1.807) is 24.4 Å². The van der Waals surface area contributed by atoms with E-state index >= 15 is 4.39 Å². The summed E-state index contributed by atoms with van der Waals surface area (Å²) in [6.07, 6.45) is 9.06. The fourth-order valence-corrected chi connectivity index (χ4v) is 5.00. The molecule has 2 aliphatic rings. The van der Waals surface area contributed by atoms with E-state index in [1.807, 2.05) is 6.07 Å². The number of anilines is 1. The first-order chi connectivity index (χ1) is 16.0. The van der Waals surface area contributed by atoms with E-state index in [2.05, 4.69) is 32.8 Å². The molecular formula is C25H19ClFN5O. The third-order valence-corrected chi connectivity index (χ3v) is 6.63. The number of amides is 1. The largest absolute Gasteiger partial charge is 0.369 e. The molecule has 3 aromatic rings. The van der Waals surface area contributed by atoms with E-state index in [9.17, 15) is 4.79 Å². The second-order valence-electron chi connectivity index (χ2n) is 8.16. The number of allylic oxidation sites excluding steroid dienone is 2. The van der Waals surface area contributed by atoms with Gasteiger partial charge in [0.25, 0.3) is 5.91 Å². The highest BCUT2D eigenvalue weighted by atomic mass is 35.5. The topological polar surface area (TPSA) is 90.7 Å². The minimum Gasteiger partial charge on any atom is -0.369 e. The highest BCUT2D eigenvalue weighted by Crippen LogP contribution is 2.50. The zero-order chi connectivity index (χ0) is 23.0. The Morgan fingerprint density at radius 2 is 2.00 bits per heavy atom. The van der Waals surface area contributed by atoms with E-state index < -0.39 is 11.7 Å². The minimum atomic E-state index is -0.493. The van der Waals surface area contributed by atoms with Gasteiger partial charge in [-0.3, -0.25) is 9.78 Å². The van der Waals surface area contributed by atoms with Crippen LogP contribution < -0.4 is 10.6 Å². The fourth-order valence-electron chi connectivity index (χ4n) is 4.56. The maximum absolute atomic E-state index is 15.8. The standard InChI is InChI=1S/C25H19ClFN5O/c26-21-18(13-31-23-20(21)25(14-32-23)7-1-2-8-25)16-4-3-5-17(22(16)27)19-12-15(6-10-29-19)24(33)30-11-9-28/h1-6,10,12-13H,7-8,11,14H2,(H,30,33)(H,31,32). The van der Waals surface area contributed by atoms with Crippen molar-refractivity contribution in [1.29, 1.82) is 5.26 Å². The van der Waals surface area contributed by atoms with Crippen molar-refractivity contribution < 1.29 is 9.18 Å². The number of halogens is 2. The molecule has 3 heterocycles. The SMILES string of the molecule is N#CCNC(=O)c1ccnc(-c2cccc(-c3cnc4c(c3Cl)C3(CC=CC3)CN4)c2F)c1. The Labute approximate surface area is 195 Å². The molecule has 33 heavy (non-hydrogen) atoms. The summed E-state index contributed by atoms with van der Waals surface area (Å²) in [5, 5.41) is 15.0. The Bertz CT molecular complexity index is 1340. The van der Waals surface area contributed by atoms with E-state index in [-0.39, 0.29) is 17.5 Å². The van der Waals surface area contributed by atoms with Crippen LogP contribution in [0.3, 0.4) is 0 Å². The van der Waals surface area contributed by atoms with Gasteiger partial charge >= 0.3 is 0 Å². The first-order valence-electron chi connectivity index (χ1n) is 10.5. The molecule has 0 radical (unpaired) electrons. The summed E-state index contributed by atoms with van der Waals surface area (Å²) < 4.78 is 15.8. The second kappa shape index (κ2) is 8.30. The summed E-state index contributed by atoms with van der Waals surface area (Å²) in [4.78, 5) is 21.0. The zero-order valence-corrected chi connectivity index (χ0v) is 18.3. The summed E-state index contributed by atoms with van der Waals surface area (Å²) in [6, 6.07) is 9.87. The molecule has 0 unspecified atom stereocenters. The minimum absolute atomic E-state index is 0.115. The molecule has 1 amide bonds. The van der Waals surface area contributed by atoms with Gasteiger partial charge in [0, 0.05) is 52.2 Å². The summed E-state index contributed by atoms with van der Waals surface area (Å²) in [5.41, 5.74) is 2.48. The van der Waals surface area contributed by atoms with E-state index in [0.29, 0.717) is 27.4 Å². The van der Waals surface area contributed by atoms with Crippen molar-refractivity contribution in [2.45, 2.75) is 18.3 Å². The van der Waals surface area contributed by atoms with E-state index in [0.717, 1.165) is 30.8 Å². The Morgan fingerprint density at radius 3 is 2.79 bits per heavy atom. The van der Waals surface area contributed by atoms with Crippen LogP contribution in [0.2, 0.25) is 5.02 Å². The Balaban J connectivity index is 1.57. The van der Waals surface area contributed by atoms with Gasteiger partial charge in [-0.05, 0) is 31.0 Å². The molecule has 5 rings (SSSR count). The number of carbonyl (C=O) groups is 1. The number of rotatable bonds is 4. The lowest BCUT2D eigenvalue weighted by molar-refractivity contribution is 0.0958. The number of aromatic nitrogens is 2. The van der Waals surface area contributed by atoms with Crippen LogP contribution in [0.15, 0.2) is 54.9 Å². The molecule has 164 valence electrons. The van der Waals surface area contributed by atoms with Crippen LogP contribution in [0, 0.1) is 17.1 Å². The van der Waals surface area contributed by atoms with E-state index in [1.165, 1.54) is 18.3 Å². The van der Waals surface area contributed by atoms with Crippen molar-refractivity contribution >= 4 is 23.3 Å². The highest BCUT2D eigenvalue weighted by molar-refractivity contribution is 6.34. The van der Waals surface area contributed by atoms with Crippen LogP contribution in [0.5, 0.6) is 0 Å². The van der Waals surface area contributed by atoms with Gasteiger partial charge in [-0.2, -0.15) is 5.26 Å². The van der Waals surface area contributed by atoms with Gasteiger partial charge in [-0.15, -0.1) is 0 Å². The Morgan fingerprint density at radius 1 is 1.21 bits per heavy atom. The van der Waals surface area contributed by atoms with Crippen molar-refractivity contribution in [1.82, 2.24) is 15.3 Å². The van der Waals surface area contributed by atoms with Gasteiger partial charge in [-0.1, -0.05) is 35.9 Å². The monoisotopic (exact) mass is 459 g/mol. The molecule has 0 saturated carbocycles. The average molecular weight is 460 g/mol. The van der Waals surface area contributed by atoms with Crippen molar-refractivity contribution in [3.05, 3.63) is 76.8 Å². The number of fused-ring (bicyclic) bond motifs is 2. The molecule has 1 aromatic carbocycles. The molecule has 1 aliphatic carbocycles. The molecule has 8 heteroatoms. The molecule has 0 bridgehead atoms. The van der Waals surface area contributed by atoms with Crippen molar-refractivity contribution in [2.24, 2.45) is 0 Å². The molecule has 6 nitrogen and oxygen atoms in total. The number of pyridine rings is 2. The third-order valence-electron chi connectivity index (χ3n) is 6.24. The molecule has 1 aliphatic heterocycles. The van der Waals surface area contributed by atoms with E-state index in [4.69, 9.17) is 16.9 Å². The quantitative estimate of drug-likeness (QED) is 0.429. The lowest BCUT2D eigenvalue weighted by atomic mass is 9.80. The smallest absolute Gasteiger partial charge is 0.252 e. The van der Waals surface area contributed by atoms with Gasteiger partial charge in [0.2, 0.25) is 0 Å². The van der Waals surface area contributed by atoms with Gasteiger partial charge < -0.3 is 10.6 Å². The average Bonchev–Trinajstić information content (AvgIpc) is 3.46. The first-order valence-corrected chi connectivity index (χ1v) is 10.9. The maximum Gasteiger partial charge on any atom is 0.252 e. The lowest BCUT2D eigenvalue weighted by Gasteiger charge is -2.24. The van der Waals surface area contributed by atoms with Gasteiger partial charge in [0.1, 0.15) is 18.2 Å². The van der Waals surface area contributed by atoms with Crippen LogP contribution in [0.4, 0.5) is 10.2 Å². The number of nitrogens with one attached hydrogen (secondary N) is 2. The number of nitrogens with zero attached hydrogens (tertiary/aromatic N) is 3. The van der Waals surface area contributed by atoms with Gasteiger partial charge in [-0.25, -0.2) is 9.37 Å². The Hall–Kier alpha value is -3.76. The number of nitriles is 1. The molecular weight excluding hydrogens is 441 g/mol. The Kier molecular flexibility index (Phi) is 5.31. The molecule has 1 spiro atoms. The molecule has 0 saturated heterocycles. The number of hydrogen-bond donors (Lipinski definition) is 2. The summed E-state index contributed by atoms with van der Waals surface area (Å²) in [7, 11) is 0. The van der Waals surface area contributed by atoms with Crippen LogP contribution in [-0.4, -0.2) is 29.0 Å². The lowest BCUT2D eigenvalue weighted by Crippen LogP contribution is -2.25. The van der Waals surface area contributed by atoms with Gasteiger partial charge in [0.05, 0.1) is 16.8 Å². The van der Waals surface area contributed by atoms with Crippen LogP contribution in [0.25, 0.3) is 22.4 Å². The number of benzene rings is 1. The molecule has 0 atom stereocenters. The van der Waals surface area contributed by atoms with Crippen LogP contribution in [-0.2, 0) is 5.41 Å². The van der Waals surface area contributed by atoms with Crippen molar-refractivity contribution in [2.75, 3.05) is 18.4 Å². The predicted octanol–water partition coefficient (Wildman–Crippen LogP) is 4.87. The molecule has 2 aromatic heterocycles. The predicted molar refractivity (Wildman–Crippen MR) is 124 cm³/mol. The maximum atomic E-state index is 15.8. The van der Waals surface area contributed by atoms with Crippen molar-refractivity contribution in [3.63, 3.8) is 0 Å². The van der Waals surface area contributed by atoms with Crippen LogP contribution in [0.1, 0.15) is 28.8 Å². The second-order valence-corrected chi connectivity index (χ2v) is 8.54. The normalized spacial score (nSPS) is 15.2.